The first-order valence-corrected chi connectivity index (χ1v) is 7.13. The fourth-order valence-corrected chi connectivity index (χ4v) is 2.27. The molecule has 0 radical (unpaired) electrons. The molecular weight excluding hydrogens is 270 g/mol. The van der Waals surface area contributed by atoms with Crippen molar-refractivity contribution in [2.75, 3.05) is 37.6 Å². The van der Waals surface area contributed by atoms with Crippen LogP contribution in [0, 0.1) is 0 Å². The van der Waals surface area contributed by atoms with Crippen LogP contribution < -0.4 is 10.2 Å². The number of nitrogens with one attached hydrogen (secondary N) is 1. The largest absolute Gasteiger partial charge is 0.392 e. The van der Waals surface area contributed by atoms with E-state index in [1.165, 1.54) is 0 Å². The molecule has 1 aromatic carbocycles. The van der Waals surface area contributed by atoms with E-state index < -0.39 is 17.9 Å². The van der Waals surface area contributed by atoms with Crippen LogP contribution in [0.15, 0.2) is 30.3 Å². The standard InChI is InChI=1S/C15H21N3O3/c1-12(19)11-16-14(20)15(21)18-9-7-17(8-10-18)13-5-3-2-4-6-13/h2-6,12,19H,7-11H2,1H3,(H,16,20). The molecule has 0 aliphatic carbocycles. The van der Waals surface area contributed by atoms with Crippen molar-refractivity contribution in [2.24, 2.45) is 0 Å². The Labute approximate surface area is 124 Å². The lowest BCUT2D eigenvalue weighted by Gasteiger charge is -2.35. The first-order valence-electron chi connectivity index (χ1n) is 7.13. The molecule has 0 bridgehead atoms. The highest BCUT2D eigenvalue weighted by molar-refractivity contribution is 6.35. The lowest BCUT2D eigenvalue weighted by Crippen LogP contribution is -2.53. The van der Waals surface area contributed by atoms with Crippen LogP contribution in [0.1, 0.15) is 6.92 Å². The molecule has 0 spiro atoms. The Kier molecular flexibility index (Phi) is 5.16. The second-order valence-electron chi connectivity index (χ2n) is 5.17. The maximum absolute atomic E-state index is 12.0. The van der Waals surface area contributed by atoms with Gasteiger partial charge in [0.1, 0.15) is 0 Å². The Morgan fingerprint density at radius 2 is 1.81 bits per heavy atom. The number of aliphatic hydroxyl groups is 1. The molecule has 114 valence electrons. The summed E-state index contributed by atoms with van der Waals surface area (Å²) in [5.41, 5.74) is 1.13. The van der Waals surface area contributed by atoms with Crippen molar-refractivity contribution in [1.29, 1.82) is 0 Å². The third-order valence-electron chi connectivity index (χ3n) is 3.44. The summed E-state index contributed by atoms with van der Waals surface area (Å²) in [5.74, 6) is -1.17. The third kappa shape index (κ3) is 4.19. The van der Waals surface area contributed by atoms with E-state index in [2.05, 4.69) is 10.2 Å². The number of benzene rings is 1. The van der Waals surface area contributed by atoms with Gasteiger partial charge in [-0.2, -0.15) is 0 Å². The van der Waals surface area contributed by atoms with E-state index in [4.69, 9.17) is 5.11 Å². The molecule has 1 saturated heterocycles. The van der Waals surface area contributed by atoms with Crippen LogP contribution in [0.3, 0.4) is 0 Å². The smallest absolute Gasteiger partial charge is 0.312 e. The number of hydrogen-bond acceptors (Lipinski definition) is 4. The zero-order valence-corrected chi connectivity index (χ0v) is 12.2. The van der Waals surface area contributed by atoms with Gasteiger partial charge in [-0.15, -0.1) is 0 Å². The normalized spacial score (nSPS) is 16.5. The quantitative estimate of drug-likeness (QED) is 0.759. The molecule has 1 fully saturated rings. The van der Waals surface area contributed by atoms with Gasteiger partial charge in [-0.05, 0) is 19.1 Å². The third-order valence-corrected chi connectivity index (χ3v) is 3.44. The number of aliphatic hydroxyl groups excluding tert-OH is 1. The molecule has 0 saturated carbocycles. The number of carbonyl (C=O) groups excluding carboxylic acids is 2. The topological polar surface area (TPSA) is 72.9 Å². The molecule has 1 aliphatic heterocycles. The summed E-state index contributed by atoms with van der Waals surface area (Å²) in [6.45, 7) is 4.11. The van der Waals surface area contributed by atoms with Gasteiger partial charge in [0.05, 0.1) is 6.10 Å². The molecule has 2 rings (SSSR count). The van der Waals surface area contributed by atoms with Crippen molar-refractivity contribution in [2.45, 2.75) is 13.0 Å². The SMILES string of the molecule is CC(O)CNC(=O)C(=O)N1CCN(c2ccccc2)CC1. The van der Waals surface area contributed by atoms with Crippen molar-refractivity contribution in [3.8, 4) is 0 Å². The lowest BCUT2D eigenvalue weighted by molar-refractivity contribution is -0.146. The number of anilines is 1. The second kappa shape index (κ2) is 7.08. The first kappa shape index (κ1) is 15.3. The summed E-state index contributed by atoms with van der Waals surface area (Å²) in [5, 5.41) is 11.5. The van der Waals surface area contributed by atoms with Gasteiger partial charge in [0, 0.05) is 38.4 Å². The van der Waals surface area contributed by atoms with Crippen LogP contribution >= 0.6 is 0 Å². The molecule has 1 aromatic rings. The molecule has 1 atom stereocenters. The number of amides is 2. The Morgan fingerprint density at radius 3 is 2.38 bits per heavy atom. The molecule has 1 aliphatic rings. The zero-order valence-electron chi connectivity index (χ0n) is 12.2. The van der Waals surface area contributed by atoms with Gasteiger partial charge in [-0.3, -0.25) is 9.59 Å². The molecule has 6 nitrogen and oxygen atoms in total. The fourth-order valence-electron chi connectivity index (χ4n) is 2.27. The van der Waals surface area contributed by atoms with Gasteiger partial charge < -0.3 is 20.2 Å². The van der Waals surface area contributed by atoms with E-state index in [1.807, 2.05) is 30.3 Å². The van der Waals surface area contributed by atoms with Gasteiger partial charge >= 0.3 is 11.8 Å². The van der Waals surface area contributed by atoms with Gasteiger partial charge in [0.25, 0.3) is 0 Å². The van der Waals surface area contributed by atoms with E-state index in [-0.39, 0.29) is 6.54 Å². The molecule has 6 heteroatoms. The van der Waals surface area contributed by atoms with E-state index >= 15 is 0 Å². The maximum atomic E-state index is 12.0. The van der Waals surface area contributed by atoms with E-state index in [9.17, 15) is 9.59 Å². The highest BCUT2D eigenvalue weighted by atomic mass is 16.3. The summed E-state index contributed by atoms with van der Waals surface area (Å²) in [7, 11) is 0. The highest BCUT2D eigenvalue weighted by Crippen LogP contribution is 2.15. The number of hydrogen-bond donors (Lipinski definition) is 2. The predicted octanol–water partition coefficient (Wildman–Crippen LogP) is -0.168. The van der Waals surface area contributed by atoms with Gasteiger partial charge in [0.2, 0.25) is 0 Å². The number of para-hydroxylation sites is 1. The maximum Gasteiger partial charge on any atom is 0.312 e. The van der Waals surface area contributed by atoms with Crippen LogP contribution in [-0.2, 0) is 9.59 Å². The summed E-state index contributed by atoms with van der Waals surface area (Å²) < 4.78 is 0. The first-order chi connectivity index (χ1) is 10.1. The average molecular weight is 291 g/mol. The van der Waals surface area contributed by atoms with Crippen LogP contribution in [0.5, 0.6) is 0 Å². The predicted molar refractivity (Wildman–Crippen MR) is 79.9 cm³/mol. The van der Waals surface area contributed by atoms with E-state index in [0.717, 1.165) is 5.69 Å². The van der Waals surface area contributed by atoms with Gasteiger partial charge in [-0.1, -0.05) is 18.2 Å². The minimum atomic E-state index is -0.656. The van der Waals surface area contributed by atoms with E-state index in [0.29, 0.717) is 26.2 Å². The van der Waals surface area contributed by atoms with Crippen molar-refractivity contribution in [3.63, 3.8) is 0 Å². The minimum absolute atomic E-state index is 0.0918. The summed E-state index contributed by atoms with van der Waals surface area (Å²) in [6, 6.07) is 10.0. The van der Waals surface area contributed by atoms with Crippen molar-refractivity contribution < 1.29 is 14.7 Å². The molecule has 1 heterocycles. The molecule has 21 heavy (non-hydrogen) atoms. The van der Waals surface area contributed by atoms with E-state index in [1.54, 1.807) is 11.8 Å². The molecule has 1 unspecified atom stereocenters. The summed E-state index contributed by atoms with van der Waals surface area (Å²) >= 11 is 0. The minimum Gasteiger partial charge on any atom is -0.392 e. The van der Waals surface area contributed by atoms with Gasteiger partial charge in [-0.25, -0.2) is 0 Å². The monoisotopic (exact) mass is 291 g/mol. The van der Waals surface area contributed by atoms with Crippen LogP contribution in [0.2, 0.25) is 0 Å². The van der Waals surface area contributed by atoms with Crippen LogP contribution in [-0.4, -0.2) is 60.6 Å². The Balaban J connectivity index is 1.83. The molecule has 2 N–H and O–H groups in total. The average Bonchev–Trinajstić information content (AvgIpc) is 2.53. The Morgan fingerprint density at radius 1 is 1.19 bits per heavy atom. The van der Waals surface area contributed by atoms with Crippen molar-refractivity contribution >= 4 is 17.5 Å². The van der Waals surface area contributed by atoms with Crippen molar-refractivity contribution in [3.05, 3.63) is 30.3 Å². The Hall–Kier alpha value is -2.08. The lowest BCUT2D eigenvalue weighted by atomic mass is 10.2. The molecule has 2 amide bonds. The van der Waals surface area contributed by atoms with Crippen molar-refractivity contribution in [1.82, 2.24) is 10.2 Å². The Bertz CT molecular complexity index is 482. The number of rotatable bonds is 3. The molecule has 0 aromatic heterocycles. The zero-order chi connectivity index (χ0) is 15.2. The van der Waals surface area contributed by atoms with Gasteiger partial charge in [0.15, 0.2) is 0 Å². The van der Waals surface area contributed by atoms with Crippen LogP contribution in [0.4, 0.5) is 5.69 Å². The fraction of sp³-hybridized carbons (Fsp3) is 0.467. The summed E-state index contributed by atoms with van der Waals surface area (Å²) in [4.78, 5) is 27.4. The number of carbonyl (C=O) groups is 2. The highest BCUT2D eigenvalue weighted by Gasteiger charge is 2.25. The number of nitrogens with zero attached hydrogens (tertiary/aromatic N) is 2. The molecular formula is C15H21N3O3. The summed E-state index contributed by atoms with van der Waals surface area (Å²) in [6.07, 6.45) is -0.656. The number of piperazine rings is 1. The van der Waals surface area contributed by atoms with Crippen LogP contribution in [0.25, 0.3) is 0 Å². The second-order valence-corrected chi connectivity index (χ2v) is 5.17.